The molecule has 0 unspecified atom stereocenters. The number of H-pyrrole nitrogens is 1. The number of para-hydroxylation sites is 1. The number of aromatic nitrogens is 1. The van der Waals surface area contributed by atoms with E-state index in [0.29, 0.717) is 12.2 Å². The molecule has 0 saturated carbocycles. The van der Waals surface area contributed by atoms with Crippen molar-refractivity contribution in [2.45, 2.75) is 18.5 Å². The summed E-state index contributed by atoms with van der Waals surface area (Å²) in [6.07, 6.45) is 0.553. The molecule has 0 amide bonds. The van der Waals surface area contributed by atoms with Crippen LogP contribution >= 0.6 is 0 Å². The van der Waals surface area contributed by atoms with Gasteiger partial charge in [-0.25, -0.2) is 0 Å². The van der Waals surface area contributed by atoms with E-state index >= 15 is 0 Å². The lowest BCUT2D eigenvalue weighted by Gasteiger charge is -2.30. The van der Waals surface area contributed by atoms with Crippen LogP contribution in [-0.2, 0) is 16.0 Å². The van der Waals surface area contributed by atoms with E-state index in [0.717, 1.165) is 27.7 Å². The van der Waals surface area contributed by atoms with E-state index in [1.807, 2.05) is 24.3 Å². The second-order valence-corrected chi connectivity index (χ2v) is 6.37. The average molecular weight is 352 g/mol. The first-order valence-electron chi connectivity index (χ1n) is 8.42. The summed E-state index contributed by atoms with van der Waals surface area (Å²) in [5, 5.41) is 14.4. The number of aromatic amines is 1. The SMILES string of the molecule is COC(=O)[C@@H]1Cc2c([nH]c3ccccc23)[C@@H](c2ccc(O)c(OC)c2)N1. The molecular formula is C20H20N2O4. The Balaban J connectivity index is 1.87. The monoisotopic (exact) mass is 352 g/mol. The first kappa shape index (κ1) is 16.5. The minimum absolute atomic E-state index is 0.0773. The van der Waals surface area contributed by atoms with Crippen molar-refractivity contribution in [2.75, 3.05) is 14.2 Å². The smallest absolute Gasteiger partial charge is 0.323 e. The van der Waals surface area contributed by atoms with Crippen molar-refractivity contribution in [3.63, 3.8) is 0 Å². The summed E-state index contributed by atoms with van der Waals surface area (Å²) in [6.45, 7) is 0. The Morgan fingerprint density at radius 2 is 2.00 bits per heavy atom. The first-order chi connectivity index (χ1) is 12.6. The van der Waals surface area contributed by atoms with Gasteiger partial charge >= 0.3 is 5.97 Å². The van der Waals surface area contributed by atoms with Crippen molar-refractivity contribution in [1.29, 1.82) is 0 Å². The van der Waals surface area contributed by atoms with Gasteiger partial charge in [0.2, 0.25) is 0 Å². The number of phenols is 1. The number of carbonyl (C=O) groups excluding carboxylic acids is 1. The van der Waals surface area contributed by atoms with Crippen molar-refractivity contribution in [3.05, 3.63) is 59.3 Å². The van der Waals surface area contributed by atoms with Crippen LogP contribution in [0.25, 0.3) is 10.9 Å². The van der Waals surface area contributed by atoms with Gasteiger partial charge in [0, 0.05) is 23.0 Å². The van der Waals surface area contributed by atoms with Gasteiger partial charge in [0.25, 0.3) is 0 Å². The zero-order chi connectivity index (χ0) is 18.3. The molecule has 0 spiro atoms. The molecule has 4 rings (SSSR count). The third kappa shape index (κ3) is 2.59. The van der Waals surface area contributed by atoms with Crippen LogP contribution in [-0.4, -0.2) is 36.3 Å². The van der Waals surface area contributed by atoms with E-state index in [1.54, 1.807) is 12.1 Å². The van der Waals surface area contributed by atoms with Gasteiger partial charge in [-0.05, 0) is 29.3 Å². The number of aromatic hydroxyl groups is 1. The molecule has 1 aliphatic rings. The maximum atomic E-state index is 12.2. The Morgan fingerprint density at radius 1 is 1.19 bits per heavy atom. The van der Waals surface area contributed by atoms with E-state index in [2.05, 4.69) is 16.4 Å². The summed E-state index contributed by atoms with van der Waals surface area (Å²) >= 11 is 0. The number of hydrogen-bond donors (Lipinski definition) is 3. The van der Waals surface area contributed by atoms with E-state index < -0.39 is 6.04 Å². The molecule has 134 valence electrons. The van der Waals surface area contributed by atoms with Crippen LogP contribution in [0.15, 0.2) is 42.5 Å². The molecular weight excluding hydrogens is 332 g/mol. The Labute approximate surface area is 150 Å². The van der Waals surface area contributed by atoms with Gasteiger partial charge in [0.15, 0.2) is 11.5 Å². The zero-order valence-corrected chi connectivity index (χ0v) is 14.6. The summed E-state index contributed by atoms with van der Waals surface area (Å²) in [6, 6.07) is 12.6. The second-order valence-electron chi connectivity index (χ2n) is 6.37. The van der Waals surface area contributed by atoms with Gasteiger partial charge in [-0.15, -0.1) is 0 Å². The molecule has 6 nitrogen and oxygen atoms in total. The Hall–Kier alpha value is -2.99. The van der Waals surface area contributed by atoms with Crippen molar-refractivity contribution >= 4 is 16.9 Å². The second kappa shape index (κ2) is 6.38. The number of nitrogens with one attached hydrogen (secondary N) is 2. The summed E-state index contributed by atoms with van der Waals surface area (Å²) in [5.41, 5.74) is 4.03. The topological polar surface area (TPSA) is 83.6 Å². The Morgan fingerprint density at radius 3 is 2.77 bits per heavy atom. The number of benzene rings is 2. The highest BCUT2D eigenvalue weighted by Gasteiger charge is 2.34. The number of methoxy groups -OCH3 is 2. The molecule has 0 fully saturated rings. The summed E-state index contributed by atoms with van der Waals surface area (Å²) in [4.78, 5) is 15.7. The summed E-state index contributed by atoms with van der Waals surface area (Å²) < 4.78 is 10.2. The van der Waals surface area contributed by atoms with E-state index in [9.17, 15) is 9.90 Å². The van der Waals surface area contributed by atoms with Crippen LogP contribution < -0.4 is 10.1 Å². The largest absolute Gasteiger partial charge is 0.504 e. The fourth-order valence-corrected chi connectivity index (χ4v) is 3.67. The normalized spacial score (nSPS) is 19.2. The summed E-state index contributed by atoms with van der Waals surface area (Å²) in [7, 11) is 2.91. The zero-order valence-electron chi connectivity index (χ0n) is 14.6. The standard InChI is InChI=1S/C20H20N2O4/c1-25-17-9-11(7-8-16(17)23)18-19-13(10-15(22-18)20(24)26-2)12-5-3-4-6-14(12)21-19/h3-9,15,18,21-23H,10H2,1-2H3/t15-,18+/m0/s1. The summed E-state index contributed by atoms with van der Waals surface area (Å²) in [5.74, 6) is 0.173. The molecule has 0 aliphatic carbocycles. The Kier molecular flexibility index (Phi) is 4.05. The molecule has 2 heterocycles. The van der Waals surface area contributed by atoms with Crippen molar-refractivity contribution in [2.24, 2.45) is 0 Å². The van der Waals surface area contributed by atoms with Crippen molar-refractivity contribution in [1.82, 2.24) is 10.3 Å². The number of phenolic OH excluding ortho intramolecular Hbond substituents is 1. The number of ether oxygens (including phenoxy) is 2. The molecule has 3 N–H and O–H groups in total. The molecule has 0 radical (unpaired) electrons. The molecule has 0 bridgehead atoms. The fourth-order valence-electron chi connectivity index (χ4n) is 3.67. The van der Waals surface area contributed by atoms with Gasteiger partial charge < -0.3 is 19.6 Å². The minimum Gasteiger partial charge on any atom is -0.504 e. The molecule has 1 aromatic heterocycles. The van der Waals surface area contributed by atoms with Crippen molar-refractivity contribution < 1.29 is 19.4 Å². The quantitative estimate of drug-likeness (QED) is 0.631. The van der Waals surface area contributed by atoms with Crippen LogP contribution in [0.3, 0.4) is 0 Å². The van der Waals surface area contributed by atoms with Crippen LogP contribution in [0.4, 0.5) is 0 Å². The highest BCUT2D eigenvalue weighted by atomic mass is 16.5. The fraction of sp³-hybridized carbons (Fsp3) is 0.250. The van der Waals surface area contributed by atoms with E-state index in [4.69, 9.17) is 9.47 Å². The van der Waals surface area contributed by atoms with Gasteiger partial charge in [0.1, 0.15) is 6.04 Å². The number of rotatable bonds is 3. The number of fused-ring (bicyclic) bond motifs is 3. The van der Waals surface area contributed by atoms with Gasteiger partial charge in [0.05, 0.1) is 20.3 Å². The molecule has 2 atom stereocenters. The minimum atomic E-state index is -0.448. The lowest BCUT2D eigenvalue weighted by Crippen LogP contribution is -2.45. The molecule has 6 heteroatoms. The lowest BCUT2D eigenvalue weighted by atomic mass is 9.90. The Bertz CT molecular complexity index is 979. The maximum absolute atomic E-state index is 12.2. The average Bonchev–Trinajstić information content (AvgIpc) is 3.05. The molecule has 2 aromatic carbocycles. The third-order valence-corrected chi connectivity index (χ3v) is 4.93. The van der Waals surface area contributed by atoms with Crippen LogP contribution in [0.5, 0.6) is 11.5 Å². The van der Waals surface area contributed by atoms with Gasteiger partial charge in [-0.2, -0.15) is 0 Å². The van der Waals surface area contributed by atoms with Gasteiger partial charge in [-0.3, -0.25) is 10.1 Å². The molecule has 1 aliphatic heterocycles. The highest BCUT2D eigenvalue weighted by molar-refractivity contribution is 5.87. The third-order valence-electron chi connectivity index (χ3n) is 4.93. The van der Waals surface area contributed by atoms with Crippen LogP contribution in [0.2, 0.25) is 0 Å². The van der Waals surface area contributed by atoms with Crippen LogP contribution in [0, 0.1) is 0 Å². The highest BCUT2D eigenvalue weighted by Crippen LogP contribution is 2.37. The van der Waals surface area contributed by atoms with E-state index in [1.165, 1.54) is 14.2 Å². The van der Waals surface area contributed by atoms with Crippen LogP contribution in [0.1, 0.15) is 22.9 Å². The first-order valence-corrected chi connectivity index (χ1v) is 8.42. The molecule has 3 aromatic rings. The molecule has 0 saturated heterocycles. The number of hydrogen-bond acceptors (Lipinski definition) is 5. The van der Waals surface area contributed by atoms with Crippen molar-refractivity contribution in [3.8, 4) is 11.5 Å². The van der Waals surface area contributed by atoms with E-state index in [-0.39, 0.29) is 17.8 Å². The molecule has 26 heavy (non-hydrogen) atoms. The lowest BCUT2D eigenvalue weighted by molar-refractivity contribution is -0.143. The maximum Gasteiger partial charge on any atom is 0.323 e. The number of esters is 1. The predicted molar refractivity (Wildman–Crippen MR) is 97.4 cm³/mol. The number of carbonyl (C=O) groups is 1. The van der Waals surface area contributed by atoms with Gasteiger partial charge in [-0.1, -0.05) is 24.3 Å². The predicted octanol–water partition coefficient (Wildman–Crippen LogP) is 2.66.